The number of thiophene rings is 1. The van der Waals surface area contributed by atoms with E-state index in [0.717, 1.165) is 32.5 Å². The highest BCUT2D eigenvalue weighted by Crippen LogP contribution is 2.22. The van der Waals surface area contributed by atoms with Gasteiger partial charge in [-0.25, -0.2) is 4.79 Å². The van der Waals surface area contributed by atoms with Gasteiger partial charge in [0.05, 0.1) is 0 Å². The van der Waals surface area contributed by atoms with Crippen molar-refractivity contribution in [3.05, 3.63) is 22.4 Å². The number of nitrogens with one attached hydrogen (secondary N) is 1. The summed E-state index contributed by atoms with van der Waals surface area (Å²) in [6.45, 7) is 10.6. The van der Waals surface area contributed by atoms with Crippen molar-refractivity contribution in [2.75, 3.05) is 19.6 Å². The monoisotopic (exact) mass is 338 g/mol. The first-order valence-electron chi connectivity index (χ1n) is 8.60. The molecule has 1 amide bonds. The molecule has 2 heterocycles. The van der Waals surface area contributed by atoms with E-state index in [1.807, 2.05) is 25.7 Å². The summed E-state index contributed by atoms with van der Waals surface area (Å²) in [5, 5.41) is 5.71. The van der Waals surface area contributed by atoms with Crippen molar-refractivity contribution in [1.29, 1.82) is 0 Å². The second-order valence-corrected chi connectivity index (χ2v) is 8.39. The highest BCUT2D eigenvalue weighted by molar-refractivity contribution is 7.10. The number of carbonyl (C=O) groups excluding carboxylic acids is 1. The highest BCUT2D eigenvalue weighted by atomic mass is 32.1. The maximum absolute atomic E-state index is 12.2. The summed E-state index contributed by atoms with van der Waals surface area (Å²) in [5.74, 6) is 0.569. The summed E-state index contributed by atoms with van der Waals surface area (Å²) < 4.78 is 5.49. The minimum absolute atomic E-state index is 0.165. The number of rotatable bonds is 5. The molecule has 2 rings (SSSR count). The van der Waals surface area contributed by atoms with Crippen molar-refractivity contribution in [3.63, 3.8) is 0 Å². The molecule has 1 fully saturated rings. The zero-order valence-corrected chi connectivity index (χ0v) is 15.6. The van der Waals surface area contributed by atoms with Crippen molar-refractivity contribution in [2.45, 2.75) is 58.6 Å². The second-order valence-electron chi connectivity index (χ2n) is 7.41. The molecule has 1 aliphatic rings. The quantitative estimate of drug-likeness (QED) is 0.863. The number of nitrogens with zero attached hydrogens (tertiary/aromatic N) is 1. The van der Waals surface area contributed by atoms with Crippen LogP contribution >= 0.6 is 11.3 Å². The van der Waals surface area contributed by atoms with Crippen molar-refractivity contribution < 1.29 is 9.53 Å². The summed E-state index contributed by atoms with van der Waals surface area (Å²) >= 11 is 1.79. The molecule has 0 saturated carbocycles. The average Bonchev–Trinajstić information content (AvgIpc) is 3.00. The summed E-state index contributed by atoms with van der Waals surface area (Å²) in [6, 6.07) is 4.67. The topological polar surface area (TPSA) is 41.6 Å². The van der Waals surface area contributed by atoms with Gasteiger partial charge in [0.2, 0.25) is 0 Å². The molecule has 1 aromatic rings. The molecule has 0 aromatic carbocycles. The average molecular weight is 339 g/mol. The number of carbonyl (C=O) groups is 1. The molecule has 0 radical (unpaired) electrons. The van der Waals surface area contributed by atoms with Gasteiger partial charge in [-0.3, -0.25) is 0 Å². The first-order chi connectivity index (χ1) is 10.8. The molecule has 1 saturated heterocycles. The lowest BCUT2D eigenvalue weighted by atomic mass is 9.95. The first-order valence-corrected chi connectivity index (χ1v) is 9.48. The van der Waals surface area contributed by atoms with Gasteiger partial charge in [-0.2, -0.15) is 0 Å². The number of ether oxygens (including phenoxy) is 1. The van der Waals surface area contributed by atoms with Crippen LogP contribution in [0.25, 0.3) is 0 Å². The van der Waals surface area contributed by atoms with Gasteiger partial charge in [-0.05, 0) is 70.9 Å². The number of hydrogen-bond acceptors (Lipinski definition) is 4. The molecule has 1 aliphatic heterocycles. The Hall–Kier alpha value is -1.07. The van der Waals surface area contributed by atoms with Crippen molar-refractivity contribution >= 4 is 17.4 Å². The van der Waals surface area contributed by atoms with E-state index in [1.54, 1.807) is 11.3 Å². The summed E-state index contributed by atoms with van der Waals surface area (Å²) in [7, 11) is 0. The Morgan fingerprint density at radius 2 is 2.30 bits per heavy atom. The summed E-state index contributed by atoms with van der Waals surface area (Å²) in [5.41, 5.74) is -0.415. The van der Waals surface area contributed by atoms with Crippen LogP contribution < -0.4 is 5.32 Å². The molecule has 1 aromatic heterocycles. The van der Waals surface area contributed by atoms with Crippen LogP contribution in [0.5, 0.6) is 0 Å². The van der Waals surface area contributed by atoms with Gasteiger partial charge in [-0.15, -0.1) is 11.3 Å². The summed E-state index contributed by atoms with van der Waals surface area (Å²) in [6.07, 6.45) is 3.22. The number of piperidine rings is 1. The van der Waals surface area contributed by atoms with E-state index >= 15 is 0 Å². The first kappa shape index (κ1) is 18.3. The van der Waals surface area contributed by atoms with Crippen LogP contribution in [0.15, 0.2) is 17.5 Å². The fraction of sp³-hybridized carbons (Fsp3) is 0.722. The minimum atomic E-state index is -0.415. The molecule has 23 heavy (non-hydrogen) atoms. The van der Waals surface area contributed by atoms with Crippen LogP contribution in [-0.2, 0) is 4.74 Å². The molecular formula is C18H30N2O2S. The van der Waals surface area contributed by atoms with Crippen LogP contribution in [0.4, 0.5) is 4.79 Å². The van der Waals surface area contributed by atoms with E-state index in [4.69, 9.17) is 4.74 Å². The summed E-state index contributed by atoms with van der Waals surface area (Å²) in [4.78, 5) is 15.4. The molecule has 4 nitrogen and oxygen atoms in total. The molecule has 2 unspecified atom stereocenters. The van der Waals surface area contributed by atoms with Crippen molar-refractivity contribution in [1.82, 2.24) is 10.2 Å². The molecule has 0 bridgehead atoms. The van der Waals surface area contributed by atoms with E-state index in [9.17, 15) is 4.79 Å². The van der Waals surface area contributed by atoms with E-state index in [0.29, 0.717) is 12.0 Å². The van der Waals surface area contributed by atoms with E-state index in [2.05, 4.69) is 29.8 Å². The van der Waals surface area contributed by atoms with Gasteiger partial charge in [0.15, 0.2) is 0 Å². The SMILES string of the molecule is CC(NCCC1CCCN(C(=O)OC(C)(C)C)C1)c1cccs1. The fourth-order valence-corrected chi connectivity index (χ4v) is 3.69. The molecule has 130 valence electrons. The third-order valence-electron chi connectivity index (χ3n) is 4.14. The molecule has 1 N–H and O–H groups in total. The van der Waals surface area contributed by atoms with Crippen LogP contribution in [-0.4, -0.2) is 36.2 Å². The molecule has 2 atom stereocenters. The number of likely N-dealkylation sites (tertiary alicyclic amines) is 1. The predicted octanol–water partition coefficient (Wildman–Crippen LogP) is 4.44. The van der Waals surface area contributed by atoms with Gasteiger partial charge in [0.1, 0.15) is 5.60 Å². The van der Waals surface area contributed by atoms with Crippen LogP contribution in [0, 0.1) is 5.92 Å². The standard InChI is InChI=1S/C18H30N2O2S/c1-14(16-8-6-12-23-16)19-10-9-15-7-5-11-20(13-15)17(21)22-18(2,3)4/h6,8,12,14-15,19H,5,7,9-11,13H2,1-4H3. The zero-order valence-electron chi connectivity index (χ0n) is 14.8. The van der Waals surface area contributed by atoms with E-state index < -0.39 is 5.60 Å². The van der Waals surface area contributed by atoms with Crippen LogP contribution in [0.2, 0.25) is 0 Å². The van der Waals surface area contributed by atoms with E-state index in [-0.39, 0.29) is 6.09 Å². The van der Waals surface area contributed by atoms with Gasteiger partial charge < -0.3 is 15.0 Å². The fourth-order valence-electron chi connectivity index (χ4n) is 2.94. The van der Waals surface area contributed by atoms with Gasteiger partial charge in [0.25, 0.3) is 0 Å². The Balaban J connectivity index is 1.72. The maximum Gasteiger partial charge on any atom is 0.410 e. The minimum Gasteiger partial charge on any atom is -0.444 e. The number of hydrogen-bond donors (Lipinski definition) is 1. The van der Waals surface area contributed by atoms with Gasteiger partial charge in [-0.1, -0.05) is 6.07 Å². The lowest BCUT2D eigenvalue weighted by Crippen LogP contribution is -2.43. The van der Waals surface area contributed by atoms with Crippen LogP contribution in [0.1, 0.15) is 57.9 Å². The van der Waals surface area contributed by atoms with Gasteiger partial charge >= 0.3 is 6.09 Å². The van der Waals surface area contributed by atoms with Crippen LogP contribution in [0.3, 0.4) is 0 Å². The van der Waals surface area contributed by atoms with E-state index in [1.165, 1.54) is 11.3 Å². The Bertz CT molecular complexity index is 482. The highest BCUT2D eigenvalue weighted by Gasteiger charge is 2.27. The lowest BCUT2D eigenvalue weighted by molar-refractivity contribution is 0.0161. The van der Waals surface area contributed by atoms with Crippen molar-refractivity contribution in [3.8, 4) is 0 Å². The van der Waals surface area contributed by atoms with Gasteiger partial charge in [0, 0.05) is 24.0 Å². The Labute approximate surface area is 144 Å². The Kier molecular flexibility index (Phi) is 6.48. The van der Waals surface area contributed by atoms with Crippen molar-refractivity contribution in [2.24, 2.45) is 5.92 Å². The molecule has 0 aliphatic carbocycles. The lowest BCUT2D eigenvalue weighted by Gasteiger charge is -2.34. The Morgan fingerprint density at radius 1 is 1.52 bits per heavy atom. The third kappa shape index (κ3) is 6.15. The molecular weight excluding hydrogens is 308 g/mol. The number of amides is 1. The normalized spacial score (nSPS) is 20.3. The largest absolute Gasteiger partial charge is 0.444 e. The second kappa shape index (κ2) is 8.15. The smallest absolute Gasteiger partial charge is 0.410 e. The molecule has 5 heteroatoms. The predicted molar refractivity (Wildman–Crippen MR) is 95.9 cm³/mol. The molecule has 0 spiro atoms. The zero-order chi connectivity index (χ0) is 16.9. The maximum atomic E-state index is 12.2. The Morgan fingerprint density at radius 3 is 2.96 bits per heavy atom. The third-order valence-corrected chi connectivity index (χ3v) is 5.20.